The van der Waals surface area contributed by atoms with E-state index in [4.69, 9.17) is 9.47 Å². The lowest BCUT2D eigenvalue weighted by Gasteiger charge is -2.16. The van der Waals surface area contributed by atoms with Crippen LogP contribution in [0.2, 0.25) is 0 Å². The molecule has 0 saturated carbocycles. The van der Waals surface area contributed by atoms with E-state index in [1.807, 2.05) is 18.2 Å². The molecule has 0 aromatic heterocycles. The van der Waals surface area contributed by atoms with Crippen LogP contribution < -0.4 is 10.1 Å². The van der Waals surface area contributed by atoms with Gasteiger partial charge < -0.3 is 14.8 Å². The maximum atomic E-state index is 11.8. The van der Waals surface area contributed by atoms with E-state index in [0.29, 0.717) is 12.5 Å². The van der Waals surface area contributed by atoms with E-state index >= 15 is 0 Å². The number of hydrogen-bond acceptors (Lipinski definition) is 3. The minimum absolute atomic E-state index is 0.0557. The molecule has 2 unspecified atom stereocenters. The molecule has 1 aliphatic rings. The summed E-state index contributed by atoms with van der Waals surface area (Å²) in [5, 5.41) is 2.87. The number of para-hydroxylation sites is 1. The van der Waals surface area contributed by atoms with Gasteiger partial charge in [0.05, 0.1) is 6.10 Å². The lowest BCUT2D eigenvalue weighted by atomic mass is 9.98. The number of carbonyl (C=O) groups is 1. The monoisotopic (exact) mass is 291 g/mol. The molecule has 0 spiro atoms. The molecule has 4 nitrogen and oxygen atoms in total. The fraction of sp³-hybridized carbons (Fsp3) is 0.588. The molecule has 116 valence electrons. The number of carbonyl (C=O) groups excluding carboxylic acids is 1. The molecular formula is C17H25NO3. The zero-order valence-electron chi connectivity index (χ0n) is 12.9. The van der Waals surface area contributed by atoms with Gasteiger partial charge in [-0.3, -0.25) is 4.79 Å². The van der Waals surface area contributed by atoms with Crippen LogP contribution in [-0.2, 0) is 9.53 Å². The Morgan fingerprint density at radius 3 is 3.00 bits per heavy atom. The predicted molar refractivity (Wildman–Crippen MR) is 82.6 cm³/mol. The number of rotatable bonds is 7. The van der Waals surface area contributed by atoms with Crippen LogP contribution in [0.1, 0.15) is 44.6 Å². The van der Waals surface area contributed by atoms with Crippen molar-refractivity contribution < 1.29 is 14.3 Å². The molecule has 2 rings (SSSR count). The predicted octanol–water partition coefficient (Wildman–Crippen LogP) is 2.87. The van der Waals surface area contributed by atoms with Crippen LogP contribution in [0.15, 0.2) is 24.3 Å². The number of nitrogens with one attached hydrogen (secondary N) is 1. The van der Waals surface area contributed by atoms with E-state index in [1.165, 1.54) is 0 Å². The Morgan fingerprint density at radius 2 is 2.29 bits per heavy atom. The third-order valence-corrected chi connectivity index (χ3v) is 3.97. The lowest BCUT2D eigenvalue weighted by molar-refractivity contribution is -0.123. The van der Waals surface area contributed by atoms with Crippen molar-refractivity contribution in [2.45, 2.75) is 45.1 Å². The van der Waals surface area contributed by atoms with E-state index in [0.717, 1.165) is 37.2 Å². The molecule has 0 radical (unpaired) electrons. The summed E-state index contributed by atoms with van der Waals surface area (Å²) in [5.41, 5.74) is 1.16. The minimum atomic E-state index is -0.0931. The molecule has 1 amide bonds. The van der Waals surface area contributed by atoms with Crippen molar-refractivity contribution in [2.75, 3.05) is 19.8 Å². The Balaban J connectivity index is 1.80. The molecule has 0 bridgehead atoms. The van der Waals surface area contributed by atoms with Crippen LogP contribution in [-0.4, -0.2) is 31.8 Å². The van der Waals surface area contributed by atoms with Crippen molar-refractivity contribution >= 4 is 5.91 Å². The van der Waals surface area contributed by atoms with Crippen molar-refractivity contribution in [3.63, 3.8) is 0 Å². The molecule has 1 aliphatic heterocycles. The zero-order valence-corrected chi connectivity index (χ0v) is 12.9. The fourth-order valence-electron chi connectivity index (χ4n) is 2.47. The first-order valence-corrected chi connectivity index (χ1v) is 7.80. The molecule has 1 aromatic rings. The van der Waals surface area contributed by atoms with Crippen LogP contribution in [0.25, 0.3) is 0 Å². The van der Waals surface area contributed by atoms with E-state index in [2.05, 4.69) is 25.2 Å². The van der Waals surface area contributed by atoms with Crippen molar-refractivity contribution in [2.24, 2.45) is 0 Å². The Morgan fingerprint density at radius 1 is 1.48 bits per heavy atom. The van der Waals surface area contributed by atoms with Gasteiger partial charge in [-0.1, -0.05) is 32.0 Å². The molecule has 1 aromatic carbocycles. The summed E-state index contributed by atoms with van der Waals surface area (Å²) in [4.78, 5) is 11.8. The summed E-state index contributed by atoms with van der Waals surface area (Å²) in [7, 11) is 0. The summed E-state index contributed by atoms with van der Waals surface area (Å²) >= 11 is 0. The largest absolute Gasteiger partial charge is 0.483 e. The van der Waals surface area contributed by atoms with Gasteiger partial charge in [-0.15, -0.1) is 0 Å². The lowest BCUT2D eigenvalue weighted by Crippen LogP contribution is -2.35. The second-order valence-corrected chi connectivity index (χ2v) is 5.57. The summed E-state index contributed by atoms with van der Waals surface area (Å²) in [6.45, 7) is 5.75. The topological polar surface area (TPSA) is 47.6 Å². The van der Waals surface area contributed by atoms with Gasteiger partial charge in [0.15, 0.2) is 6.61 Å². The van der Waals surface area contributed by atoms with Gasteiger partial charge in [-0.05, 0) is 36.8 Å². The Kier molecular flexibility index (Phi) is 6.05. The van der Waals surface area contributed by atoms with Crippen molar-refractivity contribution in [1.29, 1.82) is 0 Å². The number of benzene rings is 1. The van der Waals surface area contributed by atoms with Gasteiger partial charge in [-0.25, -0.2) is 0 Å². The standard InChI is InChI=1S/C17H25NO3/c1-3-13(2)15-8-4-5-9-16(15)21-12-17(19)18-11-14-7-6-10-20-14/h4-5,8-9,13-14H,3,6-7,10-12H2,1-2H3,(H,18,19). The van der Waals surface area contributed by atoms with Crippen LogP contribution in [0, 0.1) is 0 Å². The Labute approximate surface area is 126 Å². The number of ether oxygens (including phenoxy) is 2. The summed E-state index contributed by atoms with van der Waals surface area (Å²) in [6.07, 6.45) is 3.32. The molecule has 1 heterocycles. The highest BCUT2D eigenvalue weighted by atomic mass is 16.5. The molecule has 1 N–H and O–H groups in total. The van der Waals surface area contributed by atoms with E-state index < -0.39 is 0 Å². The summed E-state index contributed by atoms with van der Waals surface area (Å²) in [5.74, 6) is 1.14. The third-order valence-electron chi connectivity index (χ3n) is 3.97. The number of hydrogen-bond donors (Lipinski definition) is 1. The first-order valence-electron chi connectivity index (χ1n) is 7.80. The molecule has 4 heteroatoms. The van der Waals surface area contributed by atoms with Gasteiger partial charge in [-0.2, -0.15) is 0 Å². The Hall–Kier alpha value is -1.55. The molecular weight excluding hydrogens is 266 g/mol. The molecule has 1 fully saturated rings. The first-order chi connectivity index (χ1) is 10.2. The van der Waals surface area contributed by atoms with E-state index in [-0.39, 0.29) is 18.6 Å². The van der Waals surface area contributed by atoms with Gasteiger partial charge in [0, 0.05) is 13.2 Å². The van der Waals surface area contributed by atoms with E-state index in [9.17, 15) is 4.79 Å². The van der Waals surface area contributed by atoms with Crippen molar-refractivity contribution in [3.8, 4) is 5.75 Å². The fourth-order valence-corrected chi connectivity index (χ4v) is 2.47. The molecule has 21 heavy (non-hydrogen) atoms. The van der Waals surface area contributed by atoms with Gasteiger partial charge in [0.1, 0.15) is 5.75 Å². The third kappa shape index (κ3) is 4.74. The highest BCUT2D eigenvalue weighted by Gasteiger charge is 2.16. The highest BCUT2D eigenvalue weighted by molar-refractivity contribution is 5.77. The SMILES string of the molecule is CCC(C)c1ccccc1OCC(=O)NCC1CCCO1. The quantitative estimate of drug-likeness (QED) is 0.840. The number of amides is 1. The smallest absolute Gasteiger partial charge is 0.258 e. The van der Waals surface area contributed by atoms with Gasteiger partial charge >= 0.3 is 0 Å². The van der Waals surface area contributed by atoms with Crippen LogP contribution in [0.5, 0.6) is 5.75 Å². The maximum absolute atomic E-state index is 11.8. The van der Waals surface area contributed by atoms with Crippen LogP contribution in [0.3, 0.4) is 0 Å². The van der Waals surface area contributed by atoms with Gasteiger partial charge in [0.2, 0.25) is 0 Å². The summed E-state index contributed by atoms with van der Waals surface area (Å²) < 4.78 is 11.2. The van der Waals surface area contributed by atoms with Crippen LogP contribution >= 0.6 is 0 Å². The maximum Gasteiger partial charge on any atom is 0.258 e. The van der Waals surface area contributed by atoms with Crippen molar-refractivity contribution in [1.82, 2.24) is 5.32 Å². The first kappa shape index (κ1) is 15.8. The molecule has 0 aliphatic carbocycles. The molecule has 1 saturated heterocycles. The zero-order chi connectivity index (χ0) is 15.1. The van der Waals surface area contributed by atoms with Gasteiger partial charge in [0.25, 0.3) is 5.91 Å². The Bertz CT molecular complexity index is 455. The highest BCUT2D eigenvalue weighted by Crippen LogP contribution is 2.28. The average molecular weight is 291 g/mol. The second kappa shape index (κ2) is 8.03. The minimum Gasteiger partial charge on any atom is -0.483 e. The normalized spacial score (nSPS) is 19.2. The van der Waals surface area contributed by atoms with E-state index in [1.54, 1.807) is 0 Å². The second-order valence-electron chi connectivity index (χ2n) is 5.57. The van der Waals surface area contributed by atoms with Crippen LogP contribution in [0.4, 0.5) is 0 Å². The summed E-state index contributed by atoms with van der Waals surface area (Å²) in [6, 6.07) is 7.93. The van der Waals surface area contributed by atoms with Crippen molar-refractivity contribution in [3.05, 3.63) is 29.8 Å². The molecule has 2 atom stereocenters. The average Bonchev–Trinajstić information content (AvgIpc) is 3.04.